The van der Waals surface area contributed by atoms with Gasteiger partial charge in [-0.25, -0.2) is 0 Å². The molecule has 0 saturated heterocycles. The fourth-order valence-corrected chi connectivity index (χ4v) is 3.26. The Kier molecular flexibility index (Phi) is 4.40. The molecule has 0 spiro atoms. The number of hydrogen-bond donors (Lipinski definition) is 0. The highest BCUT2D eigenvalue weighted by molar-refractivity contribution is 6.00. The van der Waals surface area contributed by atoms with E-state index in [1.165, 1.54) is 0 Å². The molecule has 1 aromatic carbocycles. The molecule has 0 N–H and O–H groups in total. The van der Waals surface area contributed by atoms with Crippen LogP contribution in [0.3, 0.4) is 0 Å². The number of hydrogen-bond acceptors (Lipinski definition) is 4. The van der Waals surface area contributed by atoms with Crippen LogP contribution >= 0.6 is 0 Å². The lowest BCUT2D eigenvalue weighted by Crippen LogP contribution is -2.17. The Hall–Kier alpha value is -2.95. The van der Waals surface area contributed by atoms with Gasteiger partial charge in [-0.05, 0) is 45.4 Å². The Bertz CT molecular complexity index is 968. The maximum absolute atomic E-state index is 11.5. The van der Waals surface area contributed by atoms with Crippen LogP contribution in [0, 0.1) is 13.8 Å². The molecule has 0 aliphatic rings. The van der Waals surface area contributed by atoms with Crippen molar-refractivity contribution in [1.82, 2.24) is 10.1 Å². The molecule has 0 aliphatic heterocycles. The summed E-state index contributed by atoms with van der Waals surface area (Å²) in [6.07, 6.45) is 4.41. The number of rotatable bonds is 4. The zero-order valence-corrected chi connectivity index (χ0v) is 15.1. The van der Waals surface area contributed by atoms with Crippen LogP contribution in [-0.4, -0.2) is 23.6 Å². The number of carbonyl (C=O) groups excluding carboxylic acids is 1. The van der Waals surface area contributed by atoms with E-state index in [4.69, 9.17) is 4.52 Å². The quantitative estimate of drug-likeness (QED) is 0.668. The maximum atomic E-state index is 11.5. The summed E-state index contributed by atoms with van der Waals surface area (Å²) in [6, 6.07) is 6.00. The minimum absolute atomic E-state index is 0.712. The average molecular weight is 335 g/mol. The topological polar surface area (TPSA) is 59.2 Å². The van der Waals surface area contributed by atoms with E-state index in [1.807, 2.05) is 32.2 Å². The number of anilines is 1. The van der Waals surface area contributed by atoms with Crippen molar-refractivity contribution in [2.75, 3.05) is 11.9 Å². The monoisotopic (exact) mass is 335 g/mol. The molecule has 3 aromatic rings. The van der Waals surface area contributed by atoms with Gasteiger partial charge in [0.1, 0.15) is 0 Å². The molecule has 0 aliphatic carbocycles. The predicted molar refractivity (Wildman–Crippen MR) is 99.6 cm³/mol. The van der Waals surface area contributed by atoms with E-state index in [2.05, 4.69) is 30.1 Å². The van der Waals surface area contributed by atoms with E-state index in [1.54, 1.807) is 18.1 Å². The lowest BCUT2D eigenvalue weighted by Gasteiger charge is -2.22. The molecule has 0 unspecified atom stereocenters. The highest BCUT2D eigenvalue weighted by atomic mass is 16.5. The number of aromatic nitrogens is 2. The number of amides is 1. The second-order valence-electron chi connectivity index (χ2n) is 6.38. The Balaban J connectivity index is 2.42. The summed E-state index contributed by atoms with van der Waals surface area (Å²) < 4.78 is 5.49. The highest BCUT2D eigenvalue weighted by Gasteiger charge is 2.22. The third kappa shape index (κ3) is 2.82. The van der Waals surface area contributed by atoms with Crippen molar-refractivity contribution in [1.29, 1.82) is 0 Å². The van der Waals surface area contributed by atoms with Crippen LogP contribution in [0.5, 0.6) is 0 Å². The Morgan fingerprint density at radius 3 is 2.64 bits per heavy atom. The normalized spacial score (nSPS) is 10.8. The molecule has 0 fully saturated rings. The summed E-state index contributed by atoms with van der Waals surface area (Å²) in [5, 5.41) is 5.05. The summed E-state index contributed by atoms with van der Waals surface area (Å²) >= 11 is 0. The van der Waals surface area contributed by atoms with Crippen LogP contribution in [0.2, 0.25) is 0 Å². The van der Waals surface area contributed by atoms with Gasteiger partial charge in [-0.2, -0.15) is 0 Å². The van der Waals surface area contributed by atoms with Gasteiger partial charge in [0.2, 0.25) is 6.41 Å². The summed E-state index contributed by atoms with van der Waals surface area (Å²) in [5.74, 6) is 0. The summed E-state index contributed by atoms with van der Waals surface area (Å²) in [6.45, 7) is 8.00. The van der Waals surface area contributed by atoms with Crippen LogP contribution < -0.4 is 4.90 Å². The van der Waals surface area contributed by atoms with Crippen molar-refractivity contribution >= 4 is 28.6 Å². The van der Waals surface area contributed by atoms with E-state index >= 15 is 0 Å². The largest absolute Gasteiger partial charge is 0.356 e. The van der Waals surface area contributed by atoms with E-state index < -0.39 is 0 Å². The van der Waals surface area contributed by atoms with Crippen molar-refractivity contribution in [3.8, 4) is 0 Å². The molecule has 5 nitrogen and oxygen atoms in total. The van der Waals surface area contributed by atoms with Gasteiger partial charge in [-0.15, -0.1) is 0 Å². The van der Waals surface area contributed by atoms with E-state index in [0.29, 0.717) is 5.58 Å². The molecule has 0 saturated carbocycles. The minimum Gasteiger partial charge on any atom is -0.356 e. The fourth-order valence-electron chi connectivity index (χ4n) is 3.26. The van der Waals surface area contributed by atoms with E-state index in [0.717, 1.165) is 51.0 Å². The number of carbonyl (C=O) groups is 1. The van der Waals surface area contributed by atoms with Gasteiger partial charge < -0.3 is 9.42 Å². The number of pyridine rings is 1. The fraction of sp³-hybridized carbons (Fsp3) is 0.250. The van der Waals surface area contributed by atoms with E-state index in [9.17, 15) is 4.79 Å². The number of benzene rings is 1. The van der Waals surface area contributed by atoms with E-state index in [-0.39, 0.29) is 0 Å². The lowest BCUT2D eigenvalue weighted by atomic mass is 9.90. The highest BCUT2D eigenvalue weighted by Crippen LogP contribution is 2.40. The molecule has 0 radical (unpaired) electrons. The van der Waals surface area contributed by atoms with Gasteiger partial charge >= 0.3 is 0 Å². The second-order valence-corrected chi connectivity index (χ2v) is 6.38. The van der Waals surface area contributed by atoms with Crippen molar-refractivity contribution in [3.63, 3.8) is 0 Å². The van der Waals surface area contributed by atoms with Crippen LogP contribution in [0.15, 0.2) is 40.7 Å². The van der Waals surface area contributed by atoms with Gasteiger partial charge in [0.25, 0.3) is 0 Å². The van der Waals surface area contributed by atoms with Gasteiger partial charge in [0, 0.05) is 41.5 Å². The summed E-state index contributed by atoms with van der Waals surface area (Å²) in [7, 11) is 1.75. The first-order chi connectivity index (χ1) is 12.0. The molecule has 1 amide bonds. The summed E-state index contributed by atoms with van der Waals surface area (Å²) in [4.78, 5) is 17.4. The molecular weight excluding hydrogens is 314 g/mol. The lowest BCUT2D eigenvalue weighted by molar-refractivity contribution is -0.107. The average Bonchev–Trinajstić information content (AvgIpc) is 2.97. The Labute approximate surface area is 147 Å². The smallest absolute Gasteiger partial charge is 0.213 e. The number of allylic oxidation sites excluding steroid dienone is 1. The van der Waals surface area contributed by atoms with Crippen molar-refractivity contribution in [2.24, 2.45) is 0 Å². The number of aryl methyl sites for hydroxylation is 2. The maximum Gasteiger partial charge on any atom is 0.213 e. The van der Waals surface area contributed by atoms with Crippen LogP contribution in [0.4, 0.5) is 5.69 Å². The predicted octanol–water partition coefficient (Wildman–Crippen LogP) is 4.27. The van der Waals surface area contributed by atoms with Gasteiger partial charge in [-0.1, -0.05) is 16.8 Å². The Morgan fingerprint density at radius 1 is 1.28 bits per heavy atom. The first kappa shape index (κ1) is 16.9. The number of nitrogens with zero attached hydrogens (tertiary/aromatic N) is 3. The number of fused-ring (bicyclic) bond motifs is 1. The van der Waals surface area contributed by atoms with Crippen molar-refractivity contribution < 1.29 is 9.32 Å². The van der Waals surface area contributed by atoms with Gasteiger partial charge in [0.05, 0.1) is 11.4 Å². The SMILES string of the molecule is CC(C)=C(c1cccnc1)c1cc2c(C)noc2c(C)c1N(C)C=O. The summed E-state index contributed by atoms with van der Waals surface area (Å²) in [5.41, 5.74) is 7.44. The first-order valence-corrected chi connectivity index (χ1v) is 8.11. The molecule has 25 heavy (non-hydrogen) atoms. The molecule has 2 heterocycles. The van der Waals surface area contributed by atoms with Crippen molar-refractivity contribution in [3.05, 3.63) is 58.6 Å². The third-order valence-corrected chi connectivity index (χ3v) is 4.38. The van der Waals surface area contributed by atoms with Crippen LogP contribution in [0.1, 0.15) is 36.2 Å². The molecule has 128 valence electrons. The van der Waals surface area contributed by atoms with Crippen molar-refractivity contribution in [2.45, 2.75) is 27.7 Å². The first-order valence-electron chi connectivity index (χ1n) is 8.11. The van der Waals surface area contributed by atoms with Crippen LogP contribution in [-0.2, 0) is 4.79 Å². The molecule has 2 aromatic heterocycles. The molecule has 5 heteroatoms. The van der Waals surface area contributed by atoms with Crippen LogP contribution in [0.25, 0.3) is 16.5 Å². The minimum atomic E-state index is 0.712. The molecule has 0 atom stereocenters. The van der Waals surface area contributed by atoms with Gasteiger partial charge in [0.15, 0.2) is 5.58 Å². The zero-order valence-electron chi connectivity index (χ0n) is 15.1. The molecule has 0 bridgehead atoms. The third-order valence-electron chi connectivity index (χ3n) is 4.38. The molecule has 3 rings (SSSR count). The Morgan fingerprint density at radius 2 is 2.04 bits per heavy atom. The molecular formula is C20H21N3O2. The second kappa shape index (κ2) is 6.51. The standard InChI is InChI=1S/C20H21N3O2/c1-12(2)18(15-7-6-8-21-10-15)17-9-16-14(4)22-25-20(16)13(3)19(17)23(5)11-24/h6-11H,1-5H3. The zero-order chi connectivity index (χ0) is 18.1. The van der Waals surface area contributed by atoms with Gasteiger partial charge in [-0.3, -0.25) is 9.78 Å².